The fourth-order valence-corrected chi connectivity index (χ4v) is 0. The molecule has 0 aliphatic heterocycles. The van der Waals surface area contributed by atoms with Crippen LogP contribution >= 0.6 is 9.90 Å². The molecule has 5 heavy (non-hydrogen) atoms. The topological polar surface area (TPSA) is 40.5 Å². The SMILES string of the molecule is OCCO.[P]. The van der Waals surface area contributed by atoms with Gasteiger partial charge < -0.3 is 10.2 Å². The maximum absolute atomic E-state index is 7.62. The maximum atomic E-state index is 7.62. The molecule has 0 spiro atoms. The minimum Gasteiger partial charge on any atom is -0.394 e. The zero-order valence-electron chi connectivity index (χ0n) is 2.76. The van der Waals surface area contributed by atoms with Gasteiger partial charge in [0.1, 0.15) is 0 Å². The van der Waals surface area contributed by atoms with Gasteiger partial charge in [-0.3, -0.25) is 0 Å². The van der Waals surface area contributed by atoms with Crippen LogP contribution in [0.1, 0.15) is 0 Å². The first-order chi connectivity index (χ1) is 1.91. The van der Waals surface area contributed by atoms with Gasteiger partial charge in [-0.1, -0.05) is 0 Å². The Balaban J connectivity index is 0. The molecule has 0 saturated heterocycles. The highest BCUT2D eigenvalue weighted by Crippen LogP contribution is 1.39. The van der Waals surface area contributed by atoms with Crippen LogP contribution in [0.2, 0.25) is 0 Å². The zero-order valence-corrected chi connectivity index (χ0v) is 3.65. The Morgan fingerprint density at radius 1 is 1.00 bits per heavy atom. The van der Waals surface area contributed by atoms with Gasteiger partial charge in [0.05, 0.1) is 13.2 Å². The van der Waals surface area contributed by atoms with Gasteiger partial charge >= 0.3 is 0 Å². The van der Waals surface area contributed by atoms with Crippen molar-refractivity contribution in [3.63, 3.8) is 0 Å². The van der Waals surface area contributed by atoms with Gasteiger partial charge in [-0.15, -0.1) is 0 Å². The second kappa shape index (κ2) is 8.84. The van der Waals surface area contributed by atoms with Crippen LogP contribution in [0.5, 0.6) is 0 Å². The molecule has 0 saturated carbocycles. The van der Waals surface area contributed by atoms with Gasteiger partial charge in [0.25, 0.3) is 0 Å². The van der Waals surface area contributed by atoms with Gasteiger partial charge in [-0.05, 0) is 0 Å². The molecule has 0 amide bonds. The number of hydrogen-bond donors (Lipinski definition) is 2. The lowest BCUT2D eigenvalue weighted by molar-refractivity contribution is 0.186. The highest BCUT2D eigenvalue weighted by molar-refractivity contribution is 6.92. The first-order valence-corrected chi connectivity index (χ1v) is 1.13. The van der Waals surface area contributed by atoms with Crippen molar-refractivity contribution in [3.8, 4) is 0 Å². The van der Waals surface area contributed by atoms with E-state index in [-0.39, 0.29) is 23.1 Å². The van der Waals surface area contributed by atoms with E-state index >= 15 is 0 Å². The van der Waals surface area contributed by atoms with Crippen molar-refractivity contribution in [2.75, 3.05) is 13.2 Å². The van der Waals surface area contributed by atoms with E-state index in [0.29, 0.717) is 0 Å². The van der Waals surface area contributed by atoms with Crippen LogP contribution in [0.25, 0.3) is 0 Å². The molecule has 2 N–H and O–H groups in total. The van der Waals surface area contributed by atoms with Crippen LogP contribution in [-0.4, -0.2) is 23.4 Å². The molecule has 31 valence electrons. The predicted molar refractivity (Wildman–Crippen MR) is 21.1 cm³/mol. The molecule has 0 unspecified atom stereocenters. The molecule has 0 aliphatic carbocycles. The minimum atomic E-state index is -0.125. The summed E-state index contributed by atoms with van der Waals surface area (Å²) in [6.07, 6.45) is 0. The largest absolute Gasteiger partial charge is 0.394 e. The molecular weight excluding hydrogens is 87.0 g/mol. The Bertz CT molecular complexity index is 9.61. The Morgan fingerprint density at radius 2 is 1.20 bits per heavy atom. The standard InChI is InChI=1S/C2H6O2.P/c3-1-2-4;/h3-4H,1-2H2;. The van der Waals surface area contributed by atoms with Crippen LogP contribution < -0.4 is 0 Å². The number of aliphatic hydroxyl groups is 2. The molecule has 2 nitrogen and oxygen atoms in total. The molecule has 3 heteroatoms. The van der Waals surface area contributed by atoms with Gasteiger partial charge in [-0.2, -0.15) is 0 Å². The van der Waals surface area contributed by atoms with Crippen LogP contribution in [0.15, 0.2) is 0 Å². The molecular formula is C2H6O2P. The van der Waals surface area contributed by atoms with Crippen molar-refractivity contribution in [2.45, 2.75) is 0 Å². The zero-order chi connectivity index (χ0) is 3.41. The van der Waals surface area contributed by atoms with Crippen LogP contribution in [0.3, 0.4) is 0 Å². The van der Waals surface area contributed by atoms with E-state index in [1.54, 1.807) is 0 Å². The molecule has 0 atom stereocenters. The highest BCUT2D eigenvalue weighted by atomic mass is 31.0. The first-order valence-electron chi connectivity index (χ1n) is 1.13. The van der Waals surface area contributed by atoms with E-state index in [0.717, 1.165) is 0 Å². The van der Waals surface area contributed by atoms with Gasteiger partial charge in [-0.25, -0.2) is 0 Å². The summed E-state index contributed by atoms with van der Waals surface area (Å²) < 4.78 is 0. The molecule has 0 fully saturated rings. The fraction of sp³-hybridized carbons (Fsp3) is 1.00. The molecule has 0 rings (SSSR count). The third kappa shape index (κ3) is 13.2. The van der Waals surface area contributed by atoms with Gasteiger partial charge in [0.2, 0.25) is 0 Å². The van der Waals surface area contributed by atoms with Gasteiger partial charge in [0, 0.05) is 9.90 Å². The van der Waals surface area contributed by atoms with E-state index in [2.05, 4.69) is 0 Å². The van der Waals surface area contributed by atoms with E-state index in [9.17, 15) is 0 Å². The Labute approximate surface area is 34.4 Å². The normalized spacial score (nSPS) is 6.00. The van der Waals surface area contributed by atoms with Crippen LogP contribution in [0, 0.1) is 0 Å². The summed E-state index contributed by atoms with van der Waals surface area (Å²) >= 11 is 0. The summed E-state index contributed by atoms with van der Waals surface area (Å²) in [6, 6.07) is 0. The predicted octanol–water partition coefficient (Wildman–Crippen LogP) is -0.168. The first kappa shape index (κ1) is 9.02. The average molecular weight is 93.0 g/mol. The van der Waals surface area contributed by atoms with Crippen molar-refractivity contribution in [2.24, 2.45) is 0 Å². The lowest BCUT2D eigenvalue weighted by Crippen LogP contribution is -1.85. The Kier molecular flexibility index (Phi) is 15.9. The van der Waals surface area contributed by atoms with Crippen LogP contribution in [0.4, 0.5) is 0 Å². The van der Waals surface area contributed by atoms with E-state index in [1.165, 1.54) is 0 Å². The molecule has 0 aromatic heterocycles. The van der Waals surface area contributed by atoms with Crippen molar-refractivity contribution in [3.05, 3.63) is 0 Å². The van der Waals surface area contributed by atoms with E-state index < -0.39 is 0 Å². The third-order valence-corrected chi connectivity index (χ3v) is 0.1000. The van der Waals surface area contributed by atoms with E-state index in [1.807, 2.05) is 0 Å². The quantitative estimate of drug-likeness (QED) is 0.442. The lowest BCUT2D eigenvalue weighted by atomic mass is 10.8. The maximum Gasteiger partial charge on any atom is 0.0662 e. The second-order valence-electron chi connectivity index (χ2n) is 0.447. The average Bonchev–Trinajstić information content (AvgIpc) is 1.37. The molecule has 0 heterocycles. The summed E-state index contributed by atoms with van der Waals surface area (Å²) in [6.45, 7) is -0.250. The Morgan fingerprint density at radius 3 is 1.20 bits per heavy atom. The van der Waals surface area contributed by atoms with E-state index in [4.69, 9.17) is 10.2 Å². The third-order valence-electron chi connectivity index (χ3n) is 0.1000. The molecule has 3 radical (unpaired) electrons. The monoisotopic (exact) mass is 93.0 g/mol. The minimum absolute atomic E-state index is 0. The molecule has 0 bridgehead atoms. The van der Waals surface area contributed by atoms with Gasteiger partial charge in [0.15, 0.2) is 0 Å². The lowest BCUT2D eigenvalue weighted by Gasteiger charge is -1.70. The highest BCUT2D eigenvalue weighted by Gasteiger charge is 1.58. The molecule has 0 aliphatic rings. The summed E-state index contributed by atoms with van der Waals surface area (Å²) in [5, 5.41) is 15.2. The Hall–Kier alpha value is 0.350. The summed E-state index contributed by atoms with van der Waals surface area (Å²) in [7, 11) is 0. The van der Waals surface area contributed by atoms with Crippen molar-refractivity contribution in [1.82, 2.24) is 0 Å². The van der Waals surface area contributed by atoms with Crippen LogP contribution in [-0.2, 0) is 0 Å². The number of hydrogen-bond acceptors (Lipinski definition) is 2. The molecule has 0 aromatic carbocycles. The second-order valence-corrected chi connectivity index (χ2v) is 0.447. The van der Waals surface area contributed by atoms with Crippen molar-refractivity contribution < 1.29 is 10.2 Å². The molecule has 0 aromatic rings. The summed E-state index contributed by atoms with van der Waals surface area (Å²) in [4.78, 5) is 0. The fourth-order valence-electron chi connectivity index (χ4n) is 0. The summed E-state index contributed by atoms with van der Waals surface area (Å²) in [5.41, 5.74) is 0. The smallest absolute Gasteiger partial charge is 0.0662 e. The van der Waals surface area contributed by atoms with Crippen molar-refractivity contribution >= 4 is 9.90 Å². The van der Waals surface area contributed by atoms with Crippen molar-refractivity contribution in [1.29, 1.82) is 0 Å². The number of rotatable bonds is 1. The summed E-state index contributed by atoms with van der Waals surface area (Å²) in [5.74, 6) is 0. The number of aliphatic hydroxyl groups excluding tert-OH is 2.